The van der Waals surface area contributed by atoms with Crippen LogP contribution in [0.3, 0.4) is 0 Å². The Kier molecular flexibility index (Phi) is 4.20. The van der Waals surface area contributed by atoms with Crippen LogP contribution in [0.15, 0.2) is 61.1 Å². The van der Waals surface area contributed by atoms with Crippen LogP contribution in [0.1, 0.15) is 16.7 Å². The smallest absolute Gasteiger partial charge is 0.155 e. The summed E-state index contributed by atoms with van der Waals surface area (Å²) in [5.41, 5.74) is 6.88. The molecule has 4 nitrogen and oxygen atoms in total. The number of halogens is 2. The predicted octanol–water partition coefficient (Wildman–Crippen LogP) is 3.68. The second kappa shape index (κ2) is 6.62. The van der Waals surface area contributed by atoms with E-state index in [1.807, 2.05) is 24.4 Å². The van der Waals surface area contributed by atoms with E-state index in [0.29, 0.717) is 10.0 Å². The zero-order chi connectivity index (χ0) is 19.3. The minimum atomic E-state index is -0.170. The lowest BCUT2D eigenvalue weighted by atomic mass is 9.57. The van der Waals surface area contributed by atoms with Crippen molar-refractivity contribution >= 4 is 36.7 Å². The van der Waals surface area contributed by atoms with Gasteiger partial charge in [-0.2, -0.15) is 5.10 Å². The molecule has 5 rings (SSSR count). The van der Waals surface area contributed by atoms with Crippen LogP contribution in [0.5, 0.6) is 0 Å². The third-order valence-corrected chi connectivity index (χ3v) is 6.40. The third-order valence-electron chi connectivity index (χ3n) is 5.66. The summed E-state index contributed by atoms with van der Waals surface area (Å²) in [5.74, 6) is 0. The van der Waals surface area contributed by atoms with E-state index >= 15 is 0 Å². The highest BCUT2D eigenvalue weighted by molar-refractivity contribution is 6.42. The molecular weight excluding hydrogens is 390 g/mol. The fraction of sp³-hybridized carbons (Fsp3) is 0.143. The molecule has 0 saturated heterocycles. The summed E-state index contributed by atoms with van der Waals surface area (Å²) in [4.78, 5) is 4.21. The Bertz CT molecular complexity index is 1210. The minimum Gasteiger partial charge on any atom is -0.312 e. The molecule has 7 heteroatoms. The van der Waals surface area contributed by atoms with Crippen molar-refractivity contribution in [1.29, 1.82) is 0 Å². The molecule has 1 atom stereocenters. The number of pyridine rings is 1. The van der Waals surface area contributed by atoms with Gasteiger partial charge in [-0.25, -0.2) is 9.50 Å². The Morgan fingerprint density at radius 1 is 1.00 bits per heavy atom. The van der Waals surface area contributed by atoms with E-state index < -0.39 is 0 Å². The Labute approximate surface area is 173 Å². The van der Waals surface area contributed by atoms with Gasteiger partial charge in [-0.1, -0.05) is 41.4 Å². The quantitative estimate of drug-likeness (QED) is 0.516. The number of aromatic nitrogens is 3. The molecule has 0 radical (unpaired) electrons. The van der Waals surface area contributed by atoms with E-state index in [-0.39, 0.29) is 5.31 Å². The highest BCUT2D eigenvalue weighted by Gasteiger charge is 2.34. The lowest BCUT2D eigenvalue weighted by Gasteiger charge is -2.38. The van der Waals surface area contributed by atoms with Gasteiger partial charge in [-0.05, 0) is 52.6 Å². The molecule has 0 bridgehead atoms. The van der Waals surface area contributed by atoms with Crippen LogP contribution in [-0.2, 0) is 11.9 Å². The fourth-order valence-electron chi connectivity index (χ4n) is 4.08. The number of rotatable bonds is 2. The van der Waals surface area contributed by atoms with E-state index in [9.17, 15) is 0 Å². The van der Waals surface area contributed by atoms with E-state index in [1.54, 1.807) is 10.8 Å². The zero-order valence-electron chi connectivity index (χ0n) is 15.3. The van der Waals surface area contributed by atoms with Gasteiger partial charge in [-0.15, -0.1) is 0 Å². The summed E-state index contributed by atoms with van der Waals surface area (Å²) >= 11 is 12.4. The zero-order valence-corrected chi connectivity index (χ0v) is 16.8. The second-order valence-electron chi connectivity index (χ2n) is 7.42. The molecule has 0 fully saturated rings. The van der Waals surface area contributed by atoms with Gasteiger partial charge >= 0.3 is 0 Å². The van der Waals surface area contributed by atoms with E-state index in [1.165, 1.54) is 11.1 Å². The summed E-state index contributed by atoms with van der Waals surface area (Å²) in [6, 6.07) is 16.7. The van der Waals surface area contributed by atoms with Gasteiger partial charge < -0.3 is 5.32 Å². The van der Waals surface area contributed by atoms with Gasteiger partial charge in [0.1, 0.15) is 14.2 Å². The number of hydrogen-bond acceptors (Lipinski definition) is 3. The Balaban J connectivity index is 1.59. The van der Waals surface area contributed by atoms with Crippen molar-refractivity contribution in [3.8, 4) is 11.1 Å². The maximum atomic E-state index is 6.30. The molecule has 1 aliphatic heterocycles. The first-order valence-electron chi connectivity index (χ1n) is 9.14. The Morgan fingerprint density at radius 2 is 1.86 bits per heavy atom. The predicted molar refractivity (Wildman–Crippen MR) is 116 cm³/mol. The first kappa shape index (κ1) is 17.7. The van der Waals surface area contributed by atoms with Crippen molar-refractivity contribution in [2.24, 2.45) is 0 Å². The van der Waals surface area contributed by atoms with Crippen LogP contribution >= 0.6 is 23.2 Å². The molecule has 4 aromatic rings. The van der Waals surface area contributed by atoms with Gasteiger partial charge in [-0.3, -0.25) is 0 Å². The first-order chi connectivity index (χ1) is 13.5. The maximum absolute atomic E-state index is 6.30. The molecule has 0 saturated carbocycles. The molecule has 1 unspecified atom stereocenters. The second-order valence-corrected chi connectivity index (χ2v) is 8.23. The van der Waals surface area contributed by atoms with Crippen LogP contribution in [0, 0.1) is 0 Å². The van der Waals surface area contributed by atoms with Crippen LogP contribution in [0.4, 0.5) is 0 Å². The molecule has 138 valence electrons. The number of hydrogen-bond donors (Lipinski definition) is 1. The van der Waals surface area contributed by atoms with Crippen molar-refractivity contribution in [2.75, 3.05) is 6.54 Å². The molecule has 1 aliphatic rings. The van der Waals surface area contributed by atoms with Gasteiger partial charge in [0.2, 0.25) is 0 Å². The van der Waals surface area contributed by atoms with Crippen molar-refractivity contribution in [3.63, 3.8) is 0 Å². The molecule has 0 aliphatic carbocycles. The molecule has 2 aromatic heterocycles. The summed E-state index contributed by atoms with van der Waals surface area (Å²) in [6.07, 6.45) is 3.58. The van der Waals surface area contributed by atoms with Crippen molar-refractivity contribution in [3.05, 3.63) is 87.8 Å². The number of nitrogens with zero attached hydrogens (tertiary/aromatic N) is 3. The Hall–Kier alpha value is -2.34. The lowest BCUT2D eigenvalue weighted by Crippen LogP contribution is -2.44. The van der Waals surface area contributed by atoms with Crippen LogP contribution in [-0.4, -0.2) is 29.0 Å². The largest absolute Gasteiger partial charge is 0.312 e. The van der Waals surface area contributed by atoms with Gasteiger partial charge in [0.25, 0.3) is 0 Å². The fourth-order valence-corrected chi connectivity index (χ4v) is 4.38. The normalized spacial score (nSPS) is 18.9. The summed E-state index contributed by atoms with van der Waals surface area (Å²) < 4.78 is 1.80. The topological polar surface area (TPSA) is 42.2 Å². The number of benzene rings is 2. The monoisotopic (exact) mass is 406 g/mol. The molecule has 28 heavy (non-hydrogen) atoms. The molecular formula is C21H17BCl2N4. The van der Waals surface area contributed by atoms with Crippen molar-refractivity contribution in [2.45, 2.75) is 11.9 Å². The standard InChI is InChI=1S/C21H17BCl2N4/c22-21(16-3-5-18(23)19(24)8-16)11-25-9-15-7-13(1-4-17(15)21)14-2-6-20-26-12-27-28(20)10-14/h1-8,10,12,25H,9,11,22H2. The molecule has 1 N–H and O–H groups in total. The molecule has 0 spiro atoms. The van der Waals surface area contributed by atoms with Crippen LogP contribution < -0.4 is 5.32 Å². The van der Waals surface area contributed by atoms with Crippen LogP contribution in [0.2, 0.25) is 10.0 Å². The molecule has 2 aromatic carbocycles. The molecule has 3 heterocycles. The van der Waals surface area contributed by atoms with Crippen molar-refractivity contribution in [1.82, 2.24) is 19.9 Å². The third kappa shape index (κ3) is 2.82. The van der Waals surface area contributed by atoms with E-state index in [2.05, 4.69) is 53.6 Å². The van der Waals surface area contributed by atoms with E-state index in [0.717, 1.165) is 35.4 Å². The highest BCUT2D eigenvalue weighted by atomic mass is 35.5. The lowest BCUT2D eigenvalue weighted by molar-refractivity contribution is 0.549. The van der Waals surface area contributed by atoms with Crippen LogP contribution in [0.25, 0.3) is 16.8 Å². The van der Waals surface area contributed by atoms with Gasteiger partial charge in [0.05, 0.1) is 10.0 Å². The summed E-state index contributed by atoms with van der Waals surface area (Å²) in [7, 11) is 2.25. The average Bonchev–Trinajstić information content (AvgIpc) is 3.18. The minimum absolute atomic E-state index is 0.170. The van der Waals surface area contributed by atoms with Gasteiger partial charge in [0, 0.05) is 30.2 Å². The number of nitrogens with one attached hydrogen (secondary N) is 1. The van der Waals surface area contributed by atoms with Crippen molar-refractivity contribution < 1.29 is 0 Å². The molecule has 0 amide bonds. The first-order valence-corrected chi connectivity index (χ1v) is 9.90. The van der Waals surface area contributed by atoms with Gasteiger partial charge in [0.15, 0.2) is 5.65 Å². The van der Waals surface area contributed by atoms with E-state index in [4.69, 9.17) is 23.2 Å². The Morgan fingerprint density at radius 3 is 2.71 bits per heavy atom. The summed E-state index contributed by atoms with van der Waals surface area (Å²) in [5, 5.41) is 8.80. The highest BCUT2D eigenvalue weighted by Crippen LogP contribution is 2.38. The maximum Gasteiger partial charge on any atom is 0.155 e. The SMILES string of the molecule is BC1(c2ccc(Cl)c(Cl)c2)CNCc2cc(-c3ccc4ncnn4c3)ccc21. The number of fused-ring (bicyclic) bond motifs is 2. The summed E-state index contributed by atoms with van der Waals surface area (Å²) in [6.45, 7) is 1.69. The average molecular weight is 407 g/mol.